The van der Waals surface area contributed by atoms with Gasteiger partial charge in [0.05, 0.1) is 16.6 Å². The summed E-state index contributed by atoms with van der Waals surface area (Å²) in [5, 5.41) is 3.96. The molecule has 2 heterocycles. The van der Waals surface area contributed by atoms with Crippen molar-refractivity contribution in [2.75, 3.05) is 5.32 Å². The number of carbonyl (C=O) groups is 1. The van der Waals surface area contributed by atoms with Gasteiger partial charge in [0.25, 0.3) is 11.5 Å². The lowest BCUT2D eigenvalue weighted by molar-refractivity contribution is 0.102. The molecule has 5 rings (SSSR count). The van der Waals surface area contributed by atoms with Gasteiger partial charge < -0.3 is 9.73 Å². The summed E-state index contributed by atoms with van der Waals surface area (Å²) in [6.07, 6.45) is 0. The van der Waals surface area contributed by atoms with Crippen LogP contribution in [0.2, 0.25) is 0 Å². The molecule has 0 unspecified atom stereocenters. The molecule has 0 radical (unpaired) electrons. The average Bonchev–Trinajstić information content (AvgIpc) is 2.80. The van der Waals surface area contributed by atoms with E-state index in [0.717, 1.165) is 5.56 Å². The van der Waals surface area contributed by atoms with Gasteiger partial charge in [-0.05, 0) is 61.9 Å². The lowest BCUT2D eigenvalue weighted by Gasteiger charge is -2.14. The second-order valence-corrected chi connectivity index (χ2v) is 7.76. The van der Waals surface area contributed by atoms with E-state index >= 15 is 0 Å². The molecule has 0 saturated carbocycles. The fourth-order valence-electron chi connectivity index (χ4n) is 3.88. The molecule has 7 heteroatoms. The van der Waals surface area contributed by atoms with Crippen LogP contribution in [-0.2, 0) is 0 Å². The minimum absolute atomic E-state index is 0.0806. The highest BCUT2D eigenvalue weighted by Crippen LogP contribution is 2.21. The number of benzene rings is 3. The molecule has 2 aromatic heterocycles. The molecule has 7 nitrogen and oxygen atoms in total. The summed E-state index contributed by atoms with van der Waals surface area (Å²) in [4.78, 5) is 42.7. The van der Waals surface area contributed by atoms with Crippen molar-refractivity contribution in [1.82, 2.24) is 9.55 Å². The van der Waals surface area contributed by atoms with E-state index in [1.54, 1.807) is 72.2 Å². The molecule has 3 aromatic carbocycles. The number of amides is 1. The lowest BCUT2D eigenvalue weighted by atomic mass is 10.1. The molecule has 0 bridgehead atoms. The lowest BCUT2D eigenvalue weighted by Crippen LogP contribution is -2.23. The van der Waals surface area contributed by atoms with Crippen molar-refractivity contribution in [2.24, 2.45) is 0 Å². The quantitative estimate of drug-likeness (QED) is 0.423. The molecule has 0 saturated heterocycles. The Kier molecular flexibility index (Phi) is 4.86. The van der Waals surface area contributed by atoms with Crippen molar-refractivity contribution in [3.8, 4) is 5.69 Å². The highest BCUT2D eigenvalue weighted by molar-refractivity contribution is 6.05. The van der Waals surface area contributed by atoms with Crippen LogP contribution in [0.4, 0.5) is 5.69 Å². The number of hydrogen-bond donors (Lipinski definition) is 1. The monoisotopic (exact) mass is 437 g/mol. The Hall–Kier alpha value is -4.52. The molecule has 0 atom stereocenters. The molecule has 0 aliphatic carbocycles. The van der Waals surface area contributed by atoms with E-state index in [2.05, 4.69) is 10.3 Å². The molecule has 5 aromatic rings. The molecule has 162 valence electrons. The maximum absolute atomic E-state index is 13.1. The Morgan fingerprint density at radius 3 is 2.52 bits per heavy atom. The van der Waals surface area contributed by atoms with Gasteiger partial charge in [-0.25, -0.2) is 9.78 Å². The van der Waals surface area contributed by atoms with Gasteiger partial charge in [0, 0.05) is 11.1 Å². The second-order valence-electron chi connectivity index (χ2n) is 7.76. The number of hydrogen-bond acceptors (Lipinski definition) is 5. The number of carbonyl (C=O) groups excluding carboxylic acids is 1. The highest BCUT2D eigenvalue weighted by Gasteiger charge is 2.16. The minimum atomic E-state index is -0.704. The van der Waals surface area contributed by atoms with Crippen molar-refractivity contribution < 1.29 is 9.21 Å². The number of aromatic nitrogens is 2. The van der Waals surface area contributed by atoms with E-state index in [1.807, 2.05) is 13.0 Å². The zero-order valence-corrected chi connectivity index (χ0v) is 18.0. The van der Waals surface area contributed by atoms with Gasteiger partial charge in [0.15, 0.2) is 0 Å². The van der Waals surface area contributed by atoms with Gasteiger partial charge in [-0.15, -0.1) is 0 Å². The zero-order valence-electron chi connectivity index (χ0n) is 18.0. The van der Waals surface area contributed by atoms with E-state index in [4.69, 9.17) is 4.42 Å². The Balaban J connectivity index is 1.50. The Morgan fingerprint density at radius 1 is 0.939 bits per heavy atom. The molecule has 33 heavy (non-hydrogen) atoms. The highest BCUT2D eigenvalue weighted by atomic mass is 16.4. The second kappa shape index (κ2) is 7.87. The topological polar surface area (TPSA) is 94.2 Å². The zero-order chi connectivity index (χ0) is 23.1. The molecular formula is C26H19N3O4. The normalized spacial score (nSPS) is 11.1. The van der Waals surface area contributed by atoms with E-state index in [0.29, 0.717) is 39.1 Å². The number of rotatable bonds is 3. The minimum Gasteiger partial charge on any atom is -0.422 e. The van der Waals surface area contributed by atoms with Crippen LogP contribution in [0.5, 0.6) is 0 Å². The number of fused-ring (bicyclic) bond motifs is 2. The Bertz CT molecular complexity index is 1680. The molecule has 1 amide bonds. The largest absolute Gasteiger partial charge is 0.422 e. The number of nitrogens with zero attached hydrogens (tertiary/aromatic N) is 2. The van der Waals surface area contributed by atoms with Crippen LogP contribution in [0.25, 0.3) is 27.6 Å². The molecule has 0 spiro atoms. The van der Waals surface area contributed by atoms with Crippen LogP contribution in [0.1, 0.15) is 21.7 Å². The van der Waals surface area contributed by atoms with Gasteiger partial charge in [0.2, 0.25) is 0 Å². The first-order chi connectivity index (χ1) is 15.9. The van der Waals surface area contributed by atoms with Gasteiger partial charge in [-0.3, -0.25) is 14.2 Å². The SMILES string of the molecule is Cc1cc(-n2c(C)nc3ccccc3c2=O)ccc1NC(=O)c1cc2ccccc2oc1=O. The summed E-state index contributed by atoms with van der Waals surface area (Å²) in [6, 6.07) is 21.0. The summed E-state index contributed by atoms with van der Waals surface area (Å²) < 4.78 is 6.80. The van der Waals surface area contributed by atoms with Crippen LogP contribution in [0, 0.1) is 13.8 Å². The van der Waals surface area contributed by atoms with Gasteiger partial charge in [-0.2, -0.15) is 0 Å². The van der Waals surface area contributed by atoms with Crippen molar-refractivity contribution in [2.45, 2.75) is 13.8 Å². The predicted molar refractivity (Wildman–Crippen MR) is 127 cm³/mol. The Morgan fingerprint density at radius 2 is 1.70 bits per heavy atom. The van der Waals surface area contributed by atoms with Gasteiger partial charge in [-0.1, -0.05) is 30.3 Å². The molecule has 0 aliphatic heterocycles. The van der Waals surface area contributed by atoms with E-state index in [-0.39, 0.29) is 11.1 Å². The van der Waals surface area contributed by atoms with Gasteiger partial charge in [0.1, 0.15) is 17.0 Å². The summed E-state index contributed by atoms with van der Waals surface area (Å²) >= 11 is 0. The fourth-order valence-corrected chi connectivity index (χ4v) is 3.88. The summed E-state index contributed by atoms with van der Waals surface area (Å²) in [5.74, 6) is -0.00488. The predicted octanol–water partition coefficient (Wildman–Crippen LogP) is 4.36. The first kappa shape index (κ1) is 20.4. The maximum atomic E-state index is 13.1. The smallest absolute Gasteiger partial charge is 0.349 e. The Labute approximate surface area is 187 Å². The van der Waals surface area contributed by atoms with Crippen molar-refractivity contribution in [3.05, 3.63) is 111 Å². The first-order valence-corrected chi connectivity index (χ1v) is 10.4. The van der Waals surface area contributed by atoms with Crippen LogP contribution < -0.4 is 16.5 Å². The third-order valence-corrected chi connectivity index (χ3v) is 5.55. The number of nitrogens with one attached hydrogen (secondary N) is 1. The van der Waals surface area contributed by atoms with Crippen LogP contribution in [0.15, 0.2) is 86.8 Å². The van der Waals surface area contributed by atoms with Crippen LogP contribution >= 0.6 is 0 Å². The van der Waals surface area contributed by atoms with Crippen LogP contribution in [0.3, 0.4) is 0 Å². The van der Waals surface area contributed by atoms with Crippen molar-refractivity contribution in [3.63, 3.8) is 0 Å². The average molecular weight is 437 g/mol. The third kappa shape index (κ3) is 3.59. The maximum Gasteiger partial charge on any atom is 0.349 e. The van der Waals surface area contributed by atoms with Crippen molar-refractivity contribution in [1.29, 1.82) is 0 Å². The summed E-state index contributed by atoms with van der Waals surface area (Å²) in [6.45, 7) is 3.59. The van der Waals surface area contributed by atoms with E-state index in [9.17, 15) is 14.4 Å². The molecule has 0 fully saturated rings. The molecule has 1 N–H and O–H groups in total. The molecular weight excluding hydrogens is 418 g/mol. The van der Waals surface area contributed by atoms with E-state index in [1.165, 1.54) is 6.07 Å². The first-order valence-electron chi connectivity index (χ1n) is 10.4. The standard InChI is InChI=1S/C26H19N3O4/c1-15-13-18(29-16(2)27-22-9-5-4-8-19(22)25(29)31)11-12-21(15)28-24(30)20-14-17-7-3-6-10-23(17)33-26(20)32/h3-14H,1-2H3,(H,28,30). The fraction of sp³-hybridized carbons (Fsp3) is 0.0769. The van der Waals surface area contributed by atoms with Crippen LogP contribution in [-0.4, -0.2) is 15.5 Å². The number of anilines is 1. The molecule has 0 aliphatic rings. The number of para-hydroxylation sites is 2. The summed E-state index contributed by atoms with van der Waals surface area (Å²) in [7, 11) is 0. The van der Waals surface area contributed by atoms with E-state index < -0.39 is 11.5 Å². The van der Waals surface area contributed by atoms with Gasteiger partial charge >= 0.3 is 5.63 Å². The third-order valence-electron chi connectivity index (χ3n) is 5.55. The summed E-state index contributed by atoms with van der Waals surface area (Å²) in [5.41, 5.74) is 2.00. The number of aryl methyl sites for hydroxylation is 2. The van der Waals surface area contributed by atoms with Crippen molar-refractivity contribution >= 4 is 33.5 Å².